The van der Waals surface area contributed by atoms with E-state index in [-0.39, 0.29) is 23.5 Å². The number of hydrogen-bond donors (Lipinski definition) is 4. The van der Waals surface area contributed by atoms with E-state index in [1.54, 1.807) is 26.0 Å². The van der Waals surface area contributed by atoms with E-state index in [2.05, 4.69) is 5.32 Å². The van der Waals surface area contributed by atoms with Gasteiger partial charge in [-0.15, -0.1) is 0 Å². The summed E-state index contributed by atoms with van der Waals surface area (Å²) in [4.78, 5) is 13.0. The summed E-state index contributed by atoms with van der Waals surface area (Å²) in [6.07, 6.45) is 1.67. The molecule has 41 heavy (non-hydrogen) atoms. The molecule has 0 unspecified atom stereocenters. The van der Waals surface area contributed by atoms with E-state index >= 15 is 0 Å². The van der Waals surface area contributed by atoms with Gasteiger partial charge in [-0.05, 0) is 82.3 Å². The van der Waals surface area contributed by atoms with E-state index in [0.29, 0.717) is 24.9 Å². The van der Waals surface area contributed by atoms with Gasteiger partial charge in [-0.2, -0.15) is 4.31 Å². The van der Waals surface area contributed by atoms with Crippen molar-refractivity contribution in [1.82, 2.24) is 9.62 Å². The fraction of sp³-hybridized carbons (Fsp3) is 0.406. The third-order valence-electron chi connectivity index (χ3n) is 7.38. The summed E-state index contributed by atoms with van der Waals surface area (Å²) in [5, 5.41) is 13.8. The molecule has 0 aliphatic heterocycles. The zero-order valence-corrected chi connectivity index (χ0v) is 25.2. The first-order valence-electron chi connectivity index (χ1n) is 14.0. The van der Waals surface area contributed by atoms with Crippen molar-refractivity contribution < 1.29 is 18.3 Å². The number of benzene rings is 3. The number of nitrogens with zero attached hydrogens (tertiary/aromatic N) is 1. The zero-order chi connectivity index (χ0) is 30.2. The van der Waals surface area contributed by atoms with Gasteiger partial charge in [0.05, 0.1) is 17.5 Å². The molecule has 0 heterocycles. The van der Waals surface area contributed by atoms with Crippen LogP contribution in [0.25, 0.3) is 0 Å². The minimum absolute atomic E-state index is 0.137. The van der Waals surface area contributed by atoms with Gasteiger partial charge in [-0.1, -0.05) is 60.7 Å². The number of nitrogen functional groups attached to an aromatic ring is 1. The molecule has 0 aromatic heterocycles. The molecule has 0 saturated heterocycles. The number of aliphatic hydroxyl groups excluding tert-OH is 1. The standard InChI is InChI=1S/C32H44N4O4S/c1-23(2)36(41(39,40)28-19-17-26(33)18-20-28)27(22-37)16-11-21-32(3,4)35-30(31(34)38)29(24-12-7-5-8-13-24)25-14-9-6-10-15-25/h5-10,12-15,17-20,23,27,29-30,35,37H,11,16,21-22,33H2,1-4H3,(H2,34,38)/t27-,30-/m0/s1. The molecule has 0 aliphatic carbocycles. The highest BCUT2D eigenvalue weighted by atomic mass is 32.2. The molecule has 0 fully saturated rings. The van der Waals surface area contributed by atoms with Gasteiger partial charge in [0.25, 0.3) is 0 Å². The summed E-state index contributed by atoms with van der Waals surface area (Å²) < 4.78 is 28.4. The van der Waals surface area contributed by atoms with Crippen molar-refractivity contribution in [1.29, 1.82) is 0 Å². The first kappa shape index (κ1) is 32.3. The third-order valence-corrected chi connectivity index (χ3v) is 9.52. The molecule has 0 bridgehead atoms. The minimum atomic E-state index is -3.86. The lowest BCUT2D eigenvalue weighted by molar-refractivity contribution is -0.120. The van der Waals surface area contributed by atoms with E-state index < -0.39 is 33.6 Å². The van der Waals surface area contributed by atoms with Crippen LogP contribution in [0.5, 0.6) is 0 Å². The van der Waals surface area contributed by atoms with Crippen molar-refractivity contribution in [2.24, 2.45) is 5.73 Å². The number of amides is 1. The molecule has 3 aromatic carbocycles. The summed E-state index contributed by atoms with van der Waals surface area (Å²) in [5.74, 6) is -0.745. The average molecular weight is 581 g/mol. The van der Waals surface area contributed by atoms with Crippen molar-refractivity contribution in [2.45, 2.75) is 81.4 Å². The van der Waals surface area contributed by atoms with Crippen molar-refractivity contribution in [3.05, 3.63) is 96.1 Å². The number of aliphatic hydroxyl groups is 1. The molecule has 1 amide bonds. The Morgan fingerprint density at radius 3 is 1.88 bits per heavy atom. The Kier molecular flexibility index (Phi) is 11.1. The predicted molar refractivity (Wildman–Crippen MR) is 165 cm³/mol. The van der Waals surface area contributed by atoms with Crippen LogP contribution in [0.15, 0.2) is 89.8 Å². The summed E-state index contributed by atoms with van der Waals surface area (Å²) >= 11 is 0. The molecule has 8 nitrogen and oxygen atoms in total. The Balaban J connectivity index is 1.78. The minimum Gasteiger partial charge on any atom is -0.399 e. The number of nitrogens with one attached hydrogen (secondary N) is 1. The van der Waals surface area contributed by atoms with Gasteiger partial charge in [0.2, 0.25) is 15.9 Å². The summed E-state index contributed by atoms with van der Waals surface area (Å²) in [7, 11) is -3.86. The summed E-state index contributed by atoms with van der Waals surface area (Å²) in [5.41, 5.74) is 13.7. The van der Waals surface area contributed by atoms with Crippen LogP contribution in [0, 0.1) is 0 Å². The van der Waals surface area contributed by atoms with Gasteiger partial charge in [0.15, 0.2) is 0 Å². The predicted octanol–water partition coefficient (Wildman–Crippen LogP) is 4.25. The lowest BCUT2D eigenvalue weighted by atomic mass is 9.82. The molecule has 222 valence electrons. The number of rotatable bonds is 15. The maximum atomic E-state index is 13.5. The first-order chi connectivity index (χ1) is 19.4. The summed E-state index contributed by atoms with van der Waals surface area (Å²) in [6.45, 7) is 7.31. The number of carbonyl (C=O) groups is 1. The van der Waals surface area contributed by atoms with E-state index in [0.717, 1.165) is 11.1 Å². The molecule has 0 spiro atoms. The summed E-state index contributed by atoms with van der Waals surface area (Å²) in [6, 6.07) is 24.1. The normalized spacial score (nSPS) is 14.0. The van der Waals surface area contributed by atoms with Crippen LogP contribution in [0.1, 0.15) is 64.0 Å². The number of anilines is 1. The highest BCUT2D eigenvalue weighted by Gasteiger charge is 2.36. The SMILES string of the molecule is CC(C)N([C@H](CO)CCCC(C)(C)N[C@H](C(N)=O)C(c1ccccc1)c1ccccc1)S(=O)(=O)c1ccc(N)cc1. The Labute approximate surface area is 244 Å². The highest BCUT2D eigenvalue weighted by Crippen LogP contribution is 2.31. The number of hydrogen-bond acceptors (Lipinski definition) is 6. The van der Waals surface area contributed by atoms with Crippen LogP contribution in [0.3, 0.4) is 0 Å². The first-order valence-corrected chi connectivity index (χ1v) is 15.5. The number of sulfonamides is 1. The molecule has 0 radical (unpaired) electrons. The van der Waals surface area contributed by atoms with Crippen LogP contribution < -0.4 is 16.8 Å². The lowest BCUT2D eigenvalue weighted by Gasteiger charge is -2.36. The maximum Gasteiger partial charge on any atom is 0.243 e. The highest BCUT2D eigenvalue weighted by molar-refractivity contribution is 7.89. The molecular weight excluding hydrogens is 536 g/mol. The van der Waals surface area contributed by atoms with Crippen LogP contribution in [0.2, 0.25) is 0 Å². The van der Waals surface area contributed by atoms with Crippen molar-refractivity contribution in [2.75, 3.05) is 12.3 Å². The smallest absolute Gasteiger partial charge is 0.243 e. The monoisotopic (exact) mass is 580 g/mol. The second-order valence-corrected chi connectivity index (χ2v) is 13.3. The van der Waals surface area contributed by atoms with E-state index in [4.69, 9.17) is 11.5 Å². The lowest BCUT2D eigenvalue weighted by Crippen LogP contribution is -2.54. The van der Waals surface area contributed by atoms with Crippen LogP contribution in [0.4, 0.5) is 5.69 Å². The Bertz CT molecular complexity index is 1310. The van der Waals surface area contributed by atoms with E-state index in [9.17, 15) is 18.3 Å². The van der Waals surface area contributed by atoms with Gasteiger partial charge in [-0.25, -0.2) is 8.42 Å². The molecule has 3 rings (SSSR count). The molecule has 9 heteroatoms. The van der Waals surface area contributed by atoms with Gasteiger partial charge >= 0.3 is 0 Å². The van der Waals surface area contributed by atoms with Crippen molar-refractivity contribution in [3.8, 4) is 0 Å². The largest absolute Gasteiger partial charge is 0.399 e. The van der Waals surface area contributed by atoms with Gasteiger partial charge < -0.3 is 21.9 Å². The zero-order valence-electron chi connectivity index (χ0n) is 24.4. The van der Waals surface area contributed by atoms with Gasteiger partial charge in [0.1, 0.15) is 0 Å². The third kappa shape index (κ3) is 8.39. The number of primary amides is 1. The maximum absolute atomic E-state index is 13.5. The molecule has 0 saturated carbocycles. The van der Waals surface area contributed by atoms with Crippen LogP contribution in [-0.2, 0) is 14.8 Å². The van der Waals surface area contributed by atoms with Gasteiger partial charge in [-0.3, -0.25) is 4.79 Å². The molecule has 0 aliphatic rings. The molecule has 6 N–H and O–H groups in total. The van der Waals surface area contributed by atoms with E-state index in [1.165, 1.54) is 16.4 Å². The second-order valence-electron chi connectivity index (χ2n) is 11.4. The van der Waals surface area contributed by atoms with E-state index in [1.807, 2.05) is 74.5 Å². The van der Waals surface area contributed by atoms with Crippen molar-refractivity contribution in [3.63, 3.8) is 0 Å². The van der Waals surface area contributed by atoms with Crippen LogP contribution in [-0.4, -0.2) is 54.0 Å². The number of nitrogens with two attached hydrogens (primary N) is 2. The number of carbonyl (C=O) groups excluding carboxylic acids is 1. The Morgan fingerprint density at radius 2 is 1.44 bits per heavy atom. The van der Waals surface area contributed by atoms with Crippen LogP contribution >= 0.6 is 0 Å². The fourth-order valence-corrected chi connectivity index (χ4v) is 7.29. The second kappa shape index (κ2) is 14.1. The van der Waals surface area contributed by atoms with Crippen molar-refractivity contribution >= 4 is 21.6 Å². The topological polar surface area (TPSA) is 139 Å². The Morgan fingerprint density at radius 1 is 0.927 bits per heavy atom. The molecule has 2 atom stereocenters. The average Bonchev–Trinajstić information content (AvgIpc) is 2.93. The van der Waals surface area contributed by atoms with Gasteiger partial charge in [0, 0.05) is 29.2 Å². The molecular formula is C32H44N4O4S. The quantitative estimate of drug-likeness (QED) is 0.198. The Hall–Kier alpha value is -3.24. The fourth-order valence-electron chi connectivity index (χ4n) is 5.45. The molecule has 3 aromatic rings.